The number of methoxy groups -OCH3 is 1. The second kappa shape index (κ2) is 7.04. The summed E-state index contributed by atoms with van der Waals surface area (Å²) in [5.74, 6) is 1.69. The first-order valence-electron chi connectivity index (χ1n) is 7.70. The van der Waals surface area contributed by atoms with Crippen LogP contribution in [-0.4, -0.2) is 46.2 Å². The molecule has 0 aliphatic rings. The topological polar surface area (TPSA) is 47.6 Å². The molecule has 0 atom stereocenters. The van der Waals surface area contributed by atoms with Gasteiger partial charge in [-0.2, -0.15) is 5.10 Å². The molecule has 3 aromatic rings. The number of ether oxygens (including phenoxy) is 1. The van der Waals surface area contributed by atoms with Gasteiger partial charge >= 0.3 is 0 Å². The van der Waals surface area contributed by atoms with Crippen molar-refractivity contribution >= 4 is 5.84 Å². The second-order valence-electron chi connectivity index (χ2n) is 5.61. The summed E-state index contributed by atoms with van der Waals surface area (Å²) in [5, 5.41) is 6.42. The first-order valence-corrected chi connectivity index (χ1v) is 7.70. The fourth-order valence-corrected chi connectivity index (χ4v) is 2.49. The molecule has 0 fully saturated rings. The molecule has 0 amide bonds. The number of imidazole rings is 1. The van der Waals surface area contributed by atoms with Crippen LogP contribution >= 0.6 is 0 Å². The van der Waals surface area contributed by atoms with E-state index >= 15 is 0 Å². The molecule has 6 heteroatoms. The van der Waals surface area contributed by atoms with E-state index < -0.39 is 0 Å². The van der Waals surface area contributed by atoms with E-state index in [0.29, 0.717) is 0 Å². The zero-order chi connectivity index (χ0) is 16.9. The van der Waals surface area contributed by atoms with Crippen LogP contribution < -0.4 is 4.74 Å². The van der Waals surface area contributed by atoms with E-state index in [-0.39, 0.29) is 0 Å². The Morgan fingerprint density at radius 3 is 2.58 bits per heavy atom. The SMILES string of the molecule is COc1ccc(Cn2cccc2/C(=N/N(C)C)n2ccnc2)cc1. The average Bonchev–Trinajstić information content (AvgIpc) is 3.25. The van der Waals surface area contributed by atoms with Crippen LogP contribution in [0.4, 0.5) is 0 Å². The van der Waals surface area contributed by atoms with Crippen molar-refractivity contribution in [2.45, 2.75) is 6.54 Å². The van der Waals surface area contributed by atoms with Crippen molar-refractivity contribution in [2.75, 3.05) is 21.2 Å². The molecule has 24 heavy (non-hydrogen) atoms. The van der Waals surface area contributed by atoms with E-state index in [9.17, 15) is 0 Å². The minimum atomic E-state index is 0.757. The molecule has 0 saturated heterocycles. The maximum Gasteiger partial charge on any atom is 0.181 e. The summed E-state index contributed by atoms with van der Waals surface area (Å²) in [7, 11) is 5.50. The van der Waals surface area contributed by atoms with Gasteiger partial charge in [-0.15, -0.1) is 0 Å². The van der Waals surface area contributed by atoms with Crippen molar-refractivity contribution < 1.29 is 4.74 Å². The van der Waals surface area contributed by atoms with Crippen molar-refractivity contribution in [3.8, 4) is 5.75 Å². The highest BCUT2D eigenvalue weighted by molar-refractivity contribution is 5.98. The van der Waals surface area contributed by atoms with Gasteiger partial charge in [0.2, 0.25) is 0 Å². The Balaban J connectivity index is 1.93. The van der Waals surface area contributed by atoms with Crippen LogP contribution in [0.2, 0.25) is 0 Å². The predicted molar refractivity (Wildman–Crippen MR) is 94.4 cm³/mol. The highest BCUT2D eigenvalue weighted by atomic mass is 16.5. The molecule has 0 saturated carbocycles. The molecule has 124 valence electrons. The van der Waals surface area contributed by atoms with Gasteiger partial charge in [0.25, 0.3) is 0 Å². The Morgan fingerprint density at radius 1 is 1.17 bits per heavy atom. The summed E-state index contributed by atoms with van der Waals surface area (Å²) < 4.78 is 9.30. The van der Waals surface area contributed by atoms with E-state index in [4.69, 9.17) is 4.74 Å². The second-order valence-corrected chi connectivity index (χ2v) is 5.61. The van der Waals surface area contributed by atoms with E-state index in [0.717, 1.165) is 23.8 Å². The maximum absolute atomic E-state index is 5.22. The summed E-state index contributed by atoms with van der Waals surface area (Å²) >= 11 is 0. The third-order valence-corrected chi connectivity index (χ3v) is 3.61. The van der Waals surface area contributed by atoms with Crippen molar-refractivity contribution in [3.05, 3.63) is 72.6 Å². The summed E-state index contributed by atoms with van der Waals surface area (Å²) in [6.07, 6.45) is 7.46. The Morgan fingerprint density at radius 2 is 1.96 bits per heavy atom. The molecule has 2 aromatic heterocycles. The van der Waals surface area contributed by atoms with Crippen LogP contribution in [-0.2, 0) is 6.54 Å². The molecule has 0 radical (unpaired) electrons. The van der Waals surface area contributed by atoms with Gasteiger partial charge in [0.05, 0.1) is 12.8 Å². The standard InChI is InChI=1S/C18H21N5O/c1-21(2)20-18(23-12-10-19-14-23)17-5-4-11-22(17)13-15-6-8-16(24-3)9-7-15/h4-12,14H,13H2,1-3H3/b20-18-. The quantitative estimate of drug-likeness (QED) is 0.412. The number of aromatic nitrogens is 3. The van der Waals surface area contributed by atoms with Gasteiger partial charge < -0.3 is 14.3 Å². The Hall–Kier alpha value is -3.02. The normalized spacial score (nSPS) is 11.5. The minimum Gasteiger partial charge on any atom is -0.497 e. The van der Waals surface area contributed by atoms with Gasteiger partial charge in [0, 0.05) is 39.2 Å². The number of hydrogen-bond acceptors (Lipinski definition) is 4. The molecule has 2 heterocycles. The molecule has 0 aliphatic heterocycles. The first-order chi connectivity index (χ1) is 11.7. The van der Waals surface area contributed by atoms with Crippen molar-refractivity contribution in [3.63, 3.8) is 0 Å². The zero-order valence-corrected chi connectivity index (χ0v) is 14.1. The summed E-state index contributed by atoms with van der Waals surface area (Å²) in [4.78, 5) is 4.13. The van der Waals surface area contributed by atoms with Crippen LogP contribution in [0, 0.1) is 0 Å². The maximum atomic E-state index is 5.22. The fourth-order valence-electron chi connectivity index (χ4n) is 2.49. The lowest BCUT2D eigenvalue weighted by molar-refractivity contribution is 0.414. The average molecular weight is 323 g/mol. The van der Waals surface area contributed by atoms with E-state index in [1.54, 1.807) is 24.6 Å². The Bertz CT molecular complexity index is 800. The molecule has 1 aromatic carbocycles. The molecule has 0 unspecified atom stereocenters. The highest BCUT2D eigenvalue weighted by Gasteiger charge is 2.12. The number of nitrogens with zero attached hydrogens (tertiary/aromatic N) is 5. The van der Waals surface area contributed by atoms with E-state index in [2.05, 4.69) is 39.0 Å². The van der Waals surface area contributed by atoms with Crippen LogP contribution in [0.15, 0.2) is 66.4 Å². The zero-order valence-electron chi connectivity index (χ0n) is 14.1. The van der Waals surface area contributed by atoms with E-state index in [1.807, 2.05) is 43.1 Å². The molecule has 0 bridgehead atoms. The molecule has 6 nitrogen and oxygen atoms in total. The molecular formula is C18H21N5O. The van der Waals surface area contributed by atoms with E-state index in [1.165, 1.54) is 5.56 Å². The van der Waals surface area contributed by atoms with Crippen molar-refractivity contribution in [1.82, 2.24) is 19.1 Å². The van der Waals surface area contributed by atoms with Crippen molar-refractivity contribution in [2.24, 2.45) is 5.10 Å². The number of rotatable bonds is 5. The largest absolute Gasteiger partial charge is 0.497 e. The number of hydrazone groups is 1. The van der Waals surface area contributed by atoms with Crippen LogP contribution in [0.1, 0.15) is 11.3 Å². The fraction of sp³-hybridized carbons (Fsp3) is 0.222. The predicted octanol–water partition coefficient (Wildman–Crippen LogP) is 2.51. The van der Waals surface area contributed by atoms with Gasteiger partial charge in [0.15, 0.2) is 5.84 Å². The van der Waals surface area contributed by atoms with Crippen LogP contribution in [0.5, 0.6) is 5.75 Å². The van der Waals surface area contributed by atoms with Gasteiger partial charge in [-0.3, -0.25) is 4.57 Å². The number of benzene rings is 1. The molecule has 0 spiro atoms. The van der Waals surface area contributed by atoms with Gasteiger partial charge in [-0.1, -0.05) is 12.1 Å². The first kappa shape index (κ1) is 15.9. The molecule has 0 N–H and O–H groups in total. The highest BCUT2D eigenvalue weighted by Crippen LogP contribution is 2.15. The molecular weight excluding hydrogens is 302 g/mol. The summed E-state index contributed by atoms with van der Waals surface area (Å²) in [6.45, 7) is 0.757. The third kappa shape index (κ3) is 3.48. The summed E-state index contributed by atoms with van der Waals surface area (Å²) in [5.41, 5.74) is 2.22. The van der Waals surface area contributed by atoms with Gasteiger partial charge in [-0.05, 0) is 29.8 Å². The summed E-state index contributed by atoms with van der Waals surface area (Å²) in [6, 6.07) is 12.2. The molecule has 0 aliphatic carbocycles. The lowest BCUT2D eigenvalue weighted by Gasteiger charge is -2.15. The minimum absolute atomic E-state index is 0.757. The van der Waals surface area contributed by atoms with Crippen LogP contribution in [0.3, 0.4) is 0 Å². The van der Waals surface area contributed by atoms with Gasteiger partial charge in [-0.25, -0.2) is 4.98 Å². The van der Waals surface area contributed by atoms with Gasteiger partial charge in [0.1, 0.15) is 12.1 Å². The van der Waals surface area contributed by atoms with Crippen molar-refractivity contribution in [1.29, 1.82) is 0 Å². The number of hydrogen-bond donors (Lipinski definition) is 0. The van der Waals surface area contributed by atoms with Crippen LogP contribution in [0.25, 0.3) is 0 Å². The lowest BCUT2D eigenvalue weighted by atomic mass is 10.2. The Kier molecular flexibility index (Phi) is 4.65. The smallest absolute Gasteiger partial charge is 0.181 e. The third-order valence-electron chi connectivity index (χ3n) is 3.61. The lowest BCUT2D eigenvalue weighted by Crippen LogP contribution is -2.20. The molecule has 3 rings (SSSR count). The Labute approximate surface area is 141 Å². The monoisotopic (exact) mass is 323 g/mol.